The van der Waals surface area contributed by atoms with E-state index in [1.54, 1.807) is 18.2 Å². The molecule has 0 bridgehead atoms. The molecule has 1 fully saturated rings. The van der Waals surface area contributed by atoms with Crippen LogP contribution in [0, 0.1) is 6.92 Å². The summed E-state index contributed by atoms with van der Waals surface area (Å²) in [5, 5.41) is 3.10. The first kappa shape index (κ1) is 23.2. The van der Waals surface area contributed by atoms with Crippen LogP contribution in [0.25, 0.3) is 0 Å². The number of benzene rings is 3. The van der Waals surface area contributed by atoms with Crippen molar-refractivity contribution in [3.05, 3.63) is 101 Å². The second kappa shape index (κ2) is 9.87. The molecule has 1 aliphatic rings. The van der Waals surface area contributed by atoms with E-state index < -0.39 is 10.0 Å². The number of hydrogen-bond acceptors (Lipinski definition) is 4. The highest BCUT2D eigenvalue weighted by molar-refractivity contribution is 7.89. The molecule has 172 valence electrons. The van der Waals surface area contributed by atoms with E-state index in [1.165, 1.54) is 10.4 Å². The van der Waals surface area contributed by atoms with Crippen LogP contribution in [-0.2, 0) is 10.0 Å². The summed E-state index contributed by atoms with van der Waals surface area (Å²) in [6, 6.07) is 23.7. The number of nitrogens with one attached hydrogen (secondary N) is 1. The number of rotatable bonds is 6. The Kier molecular flexibility index (Phi) is 6.93. The maximum atomic E-state index is 13.2. The van der Waals surface area contributed by atoms with Crippen LogP contribution in [0.5, 0.6) is 0 Å². The summed E-state index contributed by atoms with van der Waals surface area (Å²) in [5.41, 5.74) is 3.37. The summed E-state index contributed by atoms with van der Waals surface area (Å²) in [6.07, 6.45) is 0. The van der Waals surface area contributed by atoms with Crippen LogP contribution < -0.4 is 5.32 Å². The molecule has 0 unspecified atom stereocenters. The monoisotopic (exact) mass is 463 g/mol. The molecular weight excluding hydrogens is 434 g/mol. The highest BCUT2D eigenvalue weighted by Crippen LogP contribution is 2.24. The maximum absolute atomic E-state index is 13.2. The van der Waals surface area contributed by atoms with Gasteiger partial charge in [0.05, 0.1) is 10.9 Å². The van der Waals surface area contributed by atoms with Gasteiger partial charge in [-0.05, 0) is 43.3 Å². The predicted molar refractivity (Wildman–Crippen MR) is 130 cm³/mol. The lowest BCUT2D eigenvalue weighted by atomic mass is 9.97. The van der Waals surface area contributed by atoms with Gasteiger partial charge in [-0.1, -0.05) is 66.2 Å². The zero-order chi connectivity index (χ0) is 23.4. The first-order valence-electron chi connectivity index (χ1n) is 11.1. The summed E-state index contributed by atoms with van der Waals surface area (Å²) >= 11 is 0. The minimum Gasteiger partial charge on any atom is -0.341 e. The van der Waals surface area contributed by atoms with Gasteiger partial charge in [0, 0.05) is 31.7 Å². The molecule has 6 nitrogen and oxygen atoms in total. The van der Waals surface area contributed by atoms with Crippen LogP contribution in [0.15, 0.2) is 83.8 Å². The second-order valence-electron chi connectivity index (χ2n) is 8.46. The largest absolute Gasteiger partial charge is 0.341 e. The fourth-order valence-electron chi connectivity index (χ4n) is 3.95. The third-order valence-electron chi connectivity index (χ3n) is 6.02. The molecule has 1 saturated heterocycles. The SMILES string of the molecule is Cc1ccc([C@@H](NC(=O)c2cccc(S(=O)(=O)N3CCN(C)CC3)c2)c2ccccc2)cc1. The topological polar surface area (TPSA) is 69.7 Å². The quantitative estimate of drug-likeness (QED) is 0.608. The van der Waals surface area contributed by atoms with Crippen LogP contribution in [-0.4, -0.2) is 56.8 Å². The number of nitrogens with zero attached hydrogens (tertiary/aromatic N) is 2. The Labute approximate surface area is 195 Å². The standard InChI is InChI=1S/C26H29N3O3S/c1-20-11-13-22(14-12-20)25(21-7-4-3-5-8-21)27-26(30)23-9-6-10-24(19-23)33(31,32)29-17-15-28(2)16-18-29/h3-14,19,25H,15-18H2,1-2H3,(H,27,30)/t25-/m0/s1. The molecule has 0 aliphatic carbocycles. The van der Waals surface area contributed by atoms with Gasteiger partial charge >= 0.3 is 0 Å². The van der Waals surface area contributed by atoms with Crippen LogP contribution in [0.1, 0.15) is 33.1 Å². The van der Waals surface area contributed by atoms with Crippen molar-refractivity contribution in [1.82, 2.24) is 14.5 Å². The number of piperazine rings is 1. The predicted octanol–water partition coefficient (Wildman–Crippen LogP) is 3.45. The van der Waals surface area contributed by atoms with Crippen molar-refractivity contribution in [3.8, 4) is 0 Å². The Balaban J connectivity index is 1.60. The molecule has 1 N–H and O–H groups in total. The Morgan fingerprint density at radius 2 is 1.48 bits per heavy atom. The van der Waals surface area contributed by atoms with Gasteiger partial charge in [-0.15, -0.1) is 0 Å². The molecule has 7 heteroatoms. The van der Waals surface area contributed by atoms with Gasteiger partial charge in [-0.2, -0.15) is 4.31 Å². The lowest BCUT2D eigenvalue weighted by molar-refractivity contribution is 0.0942. The lowest BCUT2D eigenvalue weighted by Gasteiger charge is -2.31. The molecule has 1 heterocycles. The van der Waals surface area contributed by atoms with E-state index in [9.17, 15) is 13.2 Å². The normalized spacial score (nSPS) is 16.3. The van der Waals surface area contributed by atoms with Gasteiger partial charge in [0.1, 0.15) is 0 Å². The third-order valence-corrected chi connectivity index (χ3v) is 7.91. The van der Waals surface area contributed by atoms with E-state index in [0.717, 1.165) is 16.7 Å². The van der Waals surface area contributed by atoms with Crippen molar-refractivity contribution in [2.75, 3.05) is 33.2 Å². The zero-order valence-corrected chi connectivity index (χ0v) is 19.8. The molecule has 33 heavy (non-hydrogen) atoms. The van der Waals surface area contributed by atoms with Crippen molar-refractivity contribution in [3.63, 3.8) is 0 Å². The molecule has 0 spiro atoms. The number of carbonyl (C=O) groups excluding carboxylic acids is 1. The Hall–Kier alpha value is -3.00. The molecule has 4 rings (SSSR count). The van der Waals surface area contributed by atoms with Crippen LogP contribution in [0.4, 0.5) is 0 Å². The van der Waals surface area contributed by atoms with E-state index in [-0.39, 0.29) is 16.8 Å². The minimum absolute atomic E-state index is 0.145. The third kappa shape index (κ3) is 5.33. The van der Waals surface area contributed by atoms with Gasteiger partial charge in [0.25, 0.3) is 5.91 Å². The number of hydrogen-bond donors (Lipinski definition) is 1. The van der Waals surface area contributed by atoms with Gasteiger partial charge in [0.15, 0.2) is 0 Å². The van der Waals surface area contributed by atoms with Crippen molar-refractivity contribution in [2.45, 2.75) is 17.9 Å². The molecule has 1 amide bonds. The molecule has 1 atom stereocenters. The number of amides is 1. The Morgan fingerprint density at radius 1 is 0.848 bits per heavy atom. The Bertz CT molecular complexity index is 1200. The summed E-state index contributed by atoms with van der Waals surface area (Å²) in [7, 11) is -1.67. The van der Waals surface area contributed by atoms with Crippen molar-refractivity contribution < 1.29 is 13.2 Å². The average Bonchev–Trinajstić information content (AvgIpc) is 2.84. The molecule has 0 aromatic heterocycles. The first-order chi connectivity index (χ1) is 15.8. The molecule has 3 aromatic carbocycles. The summed E-state index contributed by atoms with van der Waals surface area (Å²) < 4.78 is 27.8. The molecule has 1 aliphatic heterocycles. The summed E-state index contributed by atoms with van der Waals surface area (Å²) in [6.45, 7) is 4.28. The fraction of sp³-hybridized carbons (Fsp3) is 0.269. The smallest absolute Gasteiger partial charge is 0.252 e. The first-order valence-corrected chi connectivity index (χ1v) is 12.5. The van der Waals surface area contributed by atoms with Gasteiger partial charge in [-0.25, -0.2) is 8.42 Å². The zero-order valence-electron chi connectivity index (χ0n) is 18.9. The highest BCUT2D eigenvalue weighted by atomic mass is 32.2. The van der Waals surface area contributed by atoms with Crippen molar-refractivity contribution in [1.29, 1.82) is 0 Å². The van der Waals surface area contributed by atoms with Gasteiger partial charge in [0.2, 0.25) is 10.0 Å². The van der Waals surface area contributed by atoms with Crippen LogP contribution in [0.2, 0.25) is 0 Å². The van der Waals surface area contributed by atoms with E-state index in [4.69, 9.17) is 0 Å². The second-order valence-corrected chi connectivity index (χ2v) is 10.4. The van der Waals surface area contributed by atoms with Gasteiger partial charge in [-0.3, -0.25) is 4.79 Å². The van der Waals surface area contributed by atoms with Crippen LogP contribution >= 0.6 is 0 Å². The van der Waals surface area contributed by atoms with E-state index in [1.807, 2.05) is 68.6 Å². The molecule has 0 saturated carbocycles. The minimum atomic E-state index is -3.65. The number of sulfonamides is 1. The number of likely N-dealkylation sites (N-methyl/N-ethyl adjacent to an activating group) is 1. The van der Waals surface area contributed by atoms with E-state index >= 15 is 0 Å². The summed E-state index contributed by atoms with van der Waals surface area (Å²) in [5.74, 6) is -0.320. The lowest BCUT2D eigenvalue weighted by Crippen LogP contribution is -2.47. The molecule has 0 radical (unpaired) electrons. The molecular formula is C26H29N3O3S. The number of aryl methyl sites for hydroxylation is 1. The van der Waals surface area contributed by atoms with Gasteiger partial charge < -0.3 is 10.2 Å². The summed E-state index contributed by atoms with van der Waals surface area (Å²) in [4.78, 5) is 15.5. The maximum Gasteiger partial charge on any atom is 0.252 e. The van der Waals surface area contributed by atoms with Crippen LogP contribution in [0.3, 0.4) is 0 Å². The number of carbonyl (C=O) groups is 1. The Morgan fingerprint density at radius 3 is 2.15 bits per heavy atom. The average molecular weight is 464 g/mol. The van der Waals surface area contributed by atoms with Crippen molar-refractivity contribution in [2.24, 2.45) is 0 Å². The van der Waals surface area contributed by atoms with E-state index in [0.29, 0.717) is 31.7 Å². The van der Waals surface area contributed by atoms with E-state index in [2.05, 4.69) is 10.2 Å². The fourth-order valence-corrected chi connectivity index (χ4v) is 5.42. The molecule has 3 aromatic rings. The highest BCUT2D eigenvalue weighted by Gasteiger charge is 2.28. The van der Waals surface area contributed by atoms with Crippen molar-refractivity contribution >= 4 is 15.9 Å².